The number of nitrogen functional groups attached to an aromatic ring is 1. The fourth-order valence-electron chi connectivity index (χ4n) is 3.30. The molecule has 1 atom stereocenters. The van der Waals surface area contributed by atoms with Crippen molar-refractivity contribution in [1.82, 2.24) is 10.2 Å². The minimum atomic E-state index is -4.45. The molecule has 0 saturated carbocycles. The second-order valence-electron chi connectivity index (χ2n) is 6.75. The highest BCUT2D eigenvalue weighted by Crippen LogP contribution is 2.33. The van der Waals surface area contributed by atoms with E-state index in [9.17, 15) is 18.0 Å². The Bertz CT molecular complexity index is 903. The van der Waals surface area contributed by atoms with E-state index < -0.39 is 17.8 Å². The molecular formula is C20H21F3N4OS. The fraction of sp³-hybridized carbons (Fsp3) is 0.300. The number of halogens is 3. The highest BCUT2D eigenvalue weighted by Gasteiger charge is 2.33. The van der Waals surface area contributed by atoms with Crippen LogP contribution in [0.4, 0.5) is 24.5 Å². The molecule has 0 aromatic heterocycles. The normalized spacial score (nSPS) is 15.3. The van der Waals surface area contributed by atoms with Gasteiger partial charge in [0.25, 0.3) is 0 Å². The van der Waals surface area contributed by atoms with Crippen molar-refractivity contribution in [3.63, 3.8) is 0 Å². The lowest BCUT2D eigenvalue weighted by Gasteiger charge is -2.29. The quantitative estimate of drug-likeness (QED) is 0.503. The molecule has 9 heteroatoms. The second kappa shape index (κ2) is 8.69. The van der Waals surface area contributed by atoms with Gasteiger partial charge >= 0.3 is 6.18 Å². The largest absolute Gasteiger partial charge is 0.416 e. The first-order chi connectivity index (χ1) is 13.8. The minimum Gasteiger partial charge on any atom is -0.397 e. The first kappa shape index (κ1) is 20.9. The minimum absolute atomic E-state index is 0.0830. The van der Waals surface area contributed by atoms with Gasteiger partial charge in [0.2, 0.25) is 5.91 Å². The predicted molar refractivity (Wildman–Crippen MR) is 110 cm³/mol. The Morgan fingerprint density at radius 3 is 2.62 bits per heavy atom. The van der Waals surface area contributed by atoms with Crippen LogP contribution in [0.3, 0.4) is 0 Å². The molecule has 1 fully saturated rings. The van der Waals surface area contributed by atoms with Gasteiger partial charge in [-0.2, -0.15) is 13.2 Å². The topological polar surface area (TPSA) is 70.4 Å². The monoisotopic (exact) mass is 422 g/mol. The lowest BCUT2D eigenvalue weighted by Crippen LogP contribution is -2.40. The van der Waals surface area contributed by atoms with Crippen molar-refractivity contribution in [1.29, 1.82) is 0 Å². The van der Waals surface area contributed by atoms with Gasteiger partial charge in [-0.05, 0) is 48.5 Å². The number of nitrogens with zero attached hydrogens (tertiary/aromatic N) is 1. The Kier molecular flexibility index (Phi) is 6.26. The molecule has 4 N–H and O–H groups in total. The van der Waals surface area contributed by atoms with Crippen molar-refractivity contribution in [2.45, 2.75) is 25.1 Å². The van der Waals surface area contributed by atoms with Crippen molar-refractivity contribution in [2.24, 2.45) is 0 Å². The van der Waals surface area contributed by atoms with E-state index in [1.165, 1.54) is 6.07 Å². The first-order valence-electron chi connectivity index (χ1n) is 9.11. The van der Waals surface area contributed by atoms with Crippen LogP contribution in [0.5, 0.6) is 0 Å². The molecule has 0 unspecified atom stereocenters. The maximum Gasteiger partial charge on any atom is 0.416 e. The van der Waals surface area contributed by atoms with Crippen LogP contribution < -0.4 is 16.4 Å². The Morgan fingerprint density at radius 2 is 1.97 bits per heavy atom. The summed E-state index contributed by atoms with van der Waals surface area (Å²) in [5, 5.41) is 6.24. The number of anilines is 2. The van der Waals surface area contributed by atoms with Crippen LogP contribution in [-0.4, -0.2) is 29.0 Å². The van der Waals surface area contributed by atoms with Gasteiger partial charge in [-0.15, -0.1) is 0 Å². The smallest absolute Gasteiger partial charge is 0.397 e. The number of carbonyl (C=O) groups excluding carboxylic acids is 1. The summed E-state index contributed by atoms with van der Waals surface area (Å²) in [6, 6.07) is 11.6. The van der Waals surface area contributed by atoms with Crippen LogP contribution >= 0.6 is 12.2 Å². The summed E-state index contributed by atoms with van der Waals surface area (Å²) in [5.41, 5.74) is 6.68. The molecule has 1 amide bonds. The number of likely N-dealkylation sites (tertiary alicyclic amines) is 1. The number of para-hydroxylation sites is 2. The maximum absolute atomic E-state index is 13.1. The third-order valence-corrected chi connectivity index (χ3v) is 5.00. The number of nitrogens with one attached hydrogen (secondary N) is 2. The Morgan fingerprint density at radius 1 is 1.21 bits per heavy atom. The molecule has 1 aliphatic rings. The molecule has 2 aromatic rings. The summed E-state index contributed by atoms with van der Waals surface area (Å²) in [5.74, 6) is -0.0830. The van der Waals surface area contributed by atoms with E-state index >= 15 is 0 Å². The van der Waals surface area contributed by atoms with E-state index in [0.29, 0.717) is 36.3 Å². The molecule has 3 rings (SSSR count). The van der Waals surface area contributed by atoms with Crippen LogP contribution in [-0.2, 0) is 11.0 Å². The van der Waals surface area contributed by atoms with E-state index in [1.807, 2.05) is 0 Å². The van der Waals surface area contributed by atoms with E-state index in [1.54, 1.807) is 35.2 Å². The third-order valence-electron chi connectivity index (χ3n) is 4.75. The molecular weight excluding hydrogens is 401 g/mol. The summed E-state index contributed by atoms with van der Waals surface area (Å²) >= 11 is 5.29. The van der Waals surface area contributed by atoms with E-state index in [0.717, 1.165) is 12.1 Å². The average molecular weight is 422 g/mol. The van der Waals surface area contributed by atoms with Crippen LogP contribution in [0.2, 0.25) is 0 Å². The van der Waals surface area contributed by atoms with Gasteiger partial charge in [0.05, 0.1) is 23.0 Å². The van der Waals surface area contributed by atoms with Crippen molar-refractivity contribution in [3.8, 4) is 0 Å². The van der Waals surface area contributed by atoms with Gasteiger partial charge in [0.1, 0.15) is 0 Å². The standard InChI is InChI=1S/C20H21F3N4OS/c21-20(22,23)14-6-3-5-13(11-14)17(27-10-4-9-18(27)28)12-25-19(29)26-16-8-2-1-7-15(16)24/h1-3,5-8,11,17H,4,9-10,12,24H2,(H2,25,26,29)/t17-/m1/s1. The van der Waals surface area contributed by atoms with Gasteiger partial charge in [-0.1, -0.05) is 24.3 Å². The van der Waals surface area contributed by atoms with Gasteiger partial charge in [0.15, 0.2) is 5.11 Å². The number of benzene rings is 2. The molecule has 0 aliphatic carbocycles. The van der Waals surface area contributed by atoms with Gasteiger partial charge < -0.3 is 21.3 Å². The number of hydrogen-bond donors (Lipinski definition) is 3. The summed E-state index contributed by atoms with van der Waals surface area (Å²) in [6.45, 7) is 0.666. The number of alkyl halides is 3. The summed E-state index contributed by atoms with van der Waals surface area (Å²) in [4.78, 5) is 13.9. The highest BCUT2D eigenvalue weighted by atomic mass is 32.1. The molecule has 1 saturated heterocycles. The molecule has 154 valence electrons. The van der Waals surface area contributed by atoms with Gasteiger partial charge in [-0.25, -0.2) is 0 Å². The third kappa shape index (κ3) is 5.17. The van der Waals surface area contributed by atoms with Crippen LogP contribution in [0, 0.1) is 0 Å². The average Bonchev–Trinajstić information content (AvgIpc) is 3.09. The molecule has 1 aliphatic heterocycles. The number of thiocarbonyl (C=S) groups is 1. The molecule has 2 aromatic carbocycles. The molecule has 1 heterocycles. The van der Waals surface area contributed by atoms with Gasteiger partial charge in [0, 0.05) is 19.5 Å². The molecule has 0 bridgehead atoms. The van der Waals surface area contributed by atoms with Crippen molar-refractivity contribution >= 4 is 34.6 Å². The molecule has 29 heavy (non-hydrogen) atoms. The summed E-state index contributed by atoms with van der Waals surface area (Å²) in [7, 11) is 0. The second-order valence-corrected chi connectivity index (χ2v) is 7.16. The predicted octanol–water partition coefficient (Wildman–Crippen LogP) is 3.94. The zero-order chi connectivity index (χ0) is 21.0. The van der Waals surface area contributed by atoms with Crippen LogP contribution in [0.15, 0.2) is 48.5 Å². The van der Waals surface area contributed by atoms with E-state index in [2.05, 4.69) is 10.6 Å². The number of nitrogens with two attached hydrogens (primary N) is 1. The van der Waals surface area contributed by atoms with Crippen LogP contribution in [0.1, 0.15) is 30.0 Å². The van der Waals surface area contributed by atoms with E-state index in [-0.39, 0.29) is 17.6 Å². The van der Waals surface area contributed by atoms with Crippen molar-refractivity contribution in [3.05, 3.63) is 59.7 Å². The summed E-state index contributed by atoms with van der Waals surface area (Å²) < 4.78 is 39.4. The van der Waals surface area contributed by atoms with Crippen molar-refractivity contribution < 1.29 is 18.0 Å². The molecule has 0 radical (unpaired) electrons. The SMILES string of the molecule is Nc1ccccc1NC(=S)NC[C@H](c1cccc(C(F)(F)F)c1)N1CCCC1=O. The van der Waals surface area contributed by atoms with Crippen molar-refractivity contribution in [2.75, 3.05) is 24.1 Å². The zero-order valence-corrected chi connectivity index (χ0v) is 16.3. The fourth-order valence-corrected chi connectivity index (χ4v) is 3.49. The Labute approximate surface area is 172 Å². The zero-order valence-electron chi connectivity index (χ0n) is 15.5. The lowest BCUT2D eigenvalue weighted by atomic mass is 10.0. The number of hydrogen-bond acceptors (Lipinski definition) is 3. The number of rotatable bonds is 5. The molecule has 0 spiro atoms. The van der Waals surface area contributed by atoms with Gasteiger partial charge in [-0.3, -0.25) is 4.79 Å². The maximum atomic E-state index is 13.1. The highest BCUT2D eigenvalue weighted by molar-refractivity contribution is 7.80. The van der Waals surface area contributed by atoms with E-state index in [4.69, 9.17) is 18.0 Å². The Hall–Kier alpha value is -2.81. The first-order valence-corrected chi connectivity index (χ1v) is 9.52. The summed E-state index contributed by atoms with van der Waals surface area (Å²) in [6.07, 6.45) is -3.39. The number of amides is 1. The Balaban J connectivity index is 1.77. The van der Waals surface area contributed by atoms with Crippen LogP contribution in [0.25, 0.3) is 0 Å². The number of carbonyl (C=O) groups is 1. The lowest BCUT2D eigenvalue weighted by molar-refractivity contribution is -0.137. The molecule has 5 nitrogen and oxygen atoms in total.